The van der Waals surface area contributed by atoms with E-state index in [0.717, 1.165) is 29.3 Å². The number of likely N-dealkylation sites (tertiary alicyclic amines) is 1. The first kappa shape index (κ1) is 17.8. The van der Waals surface area contributed by atoms with Gasteiger partial charge in [-0.25, -0.2) is 4.68 Å². The normalized spacial score (nSPS) is 23.5. The maximum atomic E-state index is 13.2. The predicted octanol–water partition coefficient (Wildman–Crippen LogP) is 2.45. The van der Waals surface area contributed by atoms with Gasteiger partial charge in [0.05, 0.1) is 16.8 Å². The van der Waals surface area contributed by atoms with Crippen LogP contribution in [0.4, 0.5) is 0 Å². The van der Waals surface area contributed by atoms with Gasteiger partial charge in [0.2, 0.25) is 0 Å². The van der Waals surface area contributed by atoms with E-state index < -0.39 is 11.4 Å². The summed E-state index contributed by atoms with van der Waals surface area (Å²) in [5.74, 6) is -1.02. The minimum atomic E-state index is -0.803. The van der Waals surface area contributed by atoms with Crippen LogP contribution in [0, 0.1) is 18.3 Å². The van der Waals surface area contributed by atoms with Crippen LogP contribution in [0.2, 0.25) is 0 Å². The summed E-state index contributed by atoms with van der Waals surface area (Å²) in [6, 6.07) is 7.72. The molecular formula is C21H21N5O3. The smallest absolute Gasteiger partial charge is 0.311 e. The Morgan fingerprint density at radius 2 is 2.14 bits per heavy atom. The Kier molecular flexibility index (Phi) is 3.90. The molecule has 1 amide bonds. The van der Waals surface area contributed by atoms with Crippen molar-refractivity contribution in [3.8, 4) is 5.69 Å². The molecule has 3 aromatic rings. The molecule has 0 unspecified atom stereocenters. The number of benzene rings is 1. The molecule has 2 aromatic heterocycles. The van der Waals surface area contributed by atoms with Gasteiger partial charge in [-0.1, -0.05) is 23.8 Å². The van der Waals surface area contributed by atoms with Gasteiger partial charge in [-0.2, -0.15) is 0 Å². The van der Waals surface area contributed by atoms with Gasteiger partial charge < -0.3 is 10.0 Å². The maximum Gasteiger partial charge on any atom is 0.311 e. The van der Waals surface area contributed by atoms with Gasteiger partial charge in [0.25, 0.3) is 5.91 Å². The highest BCUT2D eigenvalue weighted by Gasteiger charge is 2.56. The average molecular weight is 391 g/mol. The van der Waals surface area contributed by atoms with Crippen molar-refractivity contribution in [1.29, 1.82) is 0 Å². The molecule has 0 bridgehead atoms. The minimum absolute atomic E-state index is 0.0184. The molecule has 0 spiro atoms. The van der Waals surface area contributed by atoms with Gasteiger partial charge in [-0.15, -0.1) is 5.10 Å². The molecule has 8 nitrogen and oxygen atoms in total. The number of hydrogen-bond acceptors (Lipinski definition) is 5. The maximum absolute atomic E-state index is 13.2. The Labute approximate surface area is 167 Å². The third kappa shape index (κ3) is 2.55. The SMILES string of the molecule is Cc1c(C(=O)N2C[C@@H]3CCC[C@@]3(C(=O)O)C2)nnn1-c1cccc2cnccc12. The van der Waals surface area contributed by atoms with Crippen LogP contribution in [-0.2, 0) is 4.79 Å². The summed E-state index contributed by atoms with van der Waals surface area (Å²) >= 11 is 0. The number of carbonyl (C=O) groups is 2. The summed E-state index contributed by atoms with van der Waals surface area (Å²) in [7, 11) is 0. The van der Waals surface area contributed by atoms with Crippen molar-refractivity contribution >= 4 is 22.6 Å². The highest BCUT2D eigenvalue weighted by Crippen LogP contribution is 2.49. The fourth-order valence-electron chi connectivity index (χ4n) is 4.99. The predicted molar refractivity (Wildman–Crippen MR) is 105 cm³/mol. The van der Waals surface area contributed by atoms with Crippen LogP contribution >= 0.6 is 0 Å². The van der Waals surface area contributed by atoms with Crippen molar-refractivity contribution in [2.45, 2.75) is 26.2 Å². The minimum Gasteiger partial charge on any atom is -0.481 e. The van der Waals surface area contributed by atoms with Crippen LogP contribution < -0.4 is 0 Å². The molecule has 1 aliphatic heterocycles. The molecule has 2 fully saturated rings. The van der Waals surface area contributed by atoms with Crippen molar-refractivity contribution in [1.82, 2.24) is 24.9 Å². The van der Waals surface area contributed by atoms with Crippen molar-refractivity contribution in [3.63, 3.8) is 0 Å². The standard InChI is InChI=1S/C21H21N5O3/c1-13-18(19(27)25-11-15-5-3-8-21(15,12-25)20(28)29)23-24-26(13)17-6-2-4-14-10-22-9-7-16(14)17/h2,4,6-7,9-10,15H,3,5,8,11-12H2,1H3,(H,28,29)/t15-,21+/m0/s1. The van der Waals surface area contributed by atoms with E-state index in [4.69, 9.17) is 0 Å². The molecule has 2 atom stereocenters. The van der Waals surface area contributed by atoms with E-state index in [-0.39, 0.29) is 24.1 Å². The summed E-state index contributed by atoms with van der Waals surface area (Å²) in [6.07, 6.45) is 5.90. The molecule has 1 aliphatic carbocycles. The number of pyridine rings is 1. The Morgan fingerprint density at radius 1 is 1.28 bits per heavy atom. The molecular weight excluding hydrogens is 370 g/mol. The number of aliphatic carboxylic acids is 1. The van der Waals surface area contributed by atoms with E-state index in [2.05, 4.69) is 15.3 Å². The van der Waals surface area contributed by atoms with Crippen LogP contribution in [0.15, 0.2) is 36.7 Å². The monoisotopic (exact) mass is 391 g/mol. The van der Waals surface area contributed by atoms with Gasteiger partial charge >= 0.3 is 5.97 Å². The highest BCUT2D eigenvalue weighted by molar-refractivity contribution is 5.95. The summed E-state index contributed by atoms with van der Waals surface area (Å²) in [5, 5.41) is 20.1. The van der Waals surface area contributed by atoms with Gasteiger partial charge in [-0.05, 0) is 37.8 Å². The van der Waals surface area contributed by atoms with Gasteiger partial charge in [0.1, 0.15) is 0 Å². The molecule has 3 heterocycles. The molecule has 1 aromatic carbocycles. The lowest BCUT2D eigenvalue weighted by atomic mass is 9.81. The Bertz CT molecular complexity index is 1140. The van der Waals surface area contributed by atoms with Crippen LogP contribution in [0.5, 0.6) is 0 Å². The average Bonchev–Trinajstić information content (AvgIpc) is 3.39. The molecule has 2 aliphatic rings. The zero-order valence-electron chi connectivity index (χ0n) is 16.1. The van der Waals surface area contributed by atoms with Gasteiger partial charge in [0.15, 0.2) is 5.69 Å². The number of nitrogens with zero attached hydrogens (tertiary/aromatic N) is 5. The first-order valence-corrected chi connectivity index (χ1v) is 9.79. The Hall–Kier alpha value is -3.29. The lowest BCUT2D eigenvalue weighted by Crippen LogP contribution is -2.37. The van der Waals surface area contributed by atoms with Crippen molar-refractivity contribution < 1.29 is 14.7 Å². The van der Waals surface area contributed by atoms with Crippen LogP contribution in [0.3, 0.4) is 0 Å². The van der Waals surface area contributed by atoms with Gasteiger partial charge in [0, 0.05) is 36.3 Å². The number of aromatic nitrogens is 4. The third-order valence-electron chi connectivity index (χ3n) is 6.57. The van der Waals surface area contributed by atoms with Gasteiger partial charge in [-0.3, -0.25) is 14.6 Å². The number of carboxylic acids is 1. The van der Waals surface area contributed by atoms with E-state index in [9.17, 15) is 14.7 Å². The fraction of sp³-hybridized carbons (Fsp3) is 0.381. The second-order valence-electron chi connectivity index (χ2n) is 8.05. The quantitative estimate of drug-likeness (QED) is 0.736. The molecule has 1 saturated heterocycles. The van der Waals surface area contributed by atoms with Crippen LogP contribution in [0.25, 0.3) is 16.5 Å². The van der Waals surface area contributed by atoms with E-state index in [0.29, 0.717) is 18.7 Å². The van der Waals surface area contributed by atoms with Crippen molar-refractivity contribution in [2.75, 3.05) is 13.1 Å². The first-order chi connectivity index (χ1) is 14.0. The summed E-state index contributed by atoms with van der Waals surface area (Å²) in [4.78, 5) is 30.9. The lowest BCUT2D eigenvalue weighted by Gasteiger charge is -2.23. The topological polar surface area (TPSA) is 101 Å². The second kappa shape index (κ2) is 6.37. The van der Waals surface area contributed by atoms with Crippen LogP contribution in [0.1, 0.15) is 35.4 Å². The van der Waals surface area contributed by atoms with E-state index >= 15 is 0 Å². The number of fused-ring (bicyclic) bond motifs is 2. The zero-order valence-corrected chi connectivity index (χ0v) is 16.1. The lowest BCUT2D eigenvalue weighted by molar-refractivity contribution is -0.149. The summed E-state index contributed by atoms with van der Waals surface area (Å²) in [5.41, 5.74) is 0.939. The highest BCUT2D eigenvalue weighted by atomic mass is 16.4. The van der Waals surface area contributed by atoms with Crippen molar-refractivity contribution in [2.24, 2.45) is 11.3 Å². The largest absolute Gasteiger partial charge is 0.481 e. The molecule has 5 rings (SSSR count). The van der Waals surface area contributed by atoms with Crippen molar-refractivity contribution in [3.05, 3.63) is 48.0 Å². The molecule has 1 saturated carbocycles. The molecule has 8 heteroatoms. The Morgan fingerprint density at radius 3 is 2.93 bits per heavy atom. The number of carbonyl (C=O) groups excluding carboxylic acids is 1. The summed E-state index contributed by atoms with van der Waals surface area (Å²) < 4.78 is 1.67. The third-order valence-corrected chi connectivity index (χ3v) is 6.57. The second-order valence-corrected chi connectivity index (χ2v) is 8.05. The van der Waals surface area contributed by atoms with E-state index in [1.165, 1.54) is 0 Å². The summed E-state index contributed by atoms with van der Waals surface area (Å²) in [6.45, 7) is 2.53. The number of amides is 1. The molecule has 1 N–H and O–H groups in total. The number of hydrogen-bond donors (Lipinski definition) is 1. The van der Waals surface area contributed by atoms with E-state index in [1.54, 1.807) is 22.0 Å². The molecule has 29 heavy (non-hydrogen) atoms. The number of carboxylic acid groups (broad SMARTS) is 1. The Balaban J connectivity index is 1.49. The van der Waals surface area contributed by atoms with E-state index in [1.807, 2.05) is 31.2 Å². The number of rotatable bonds is 3. The zero-order chi connectivity index (χ0) is 20.2. The first-order valence-electron chi connectivity index (χ1n) is 9.79. The molecule has 0 radical (unpaired) electrons. The van der Waals surface area contributed by atoms with Crippen LogP contribution in [-0.4, -0.2) is 55.0 Å². The fourth-order valence-corrected chi connectivity index (χ4v) is 4.99. The molecule has 148 valence electrons.